The molecule has 0 bridgehead atoms. The maximum atomic E-state index is 11.2. The Morgan fingerprint density at radius 3 is 2.72 bits per heavy atom. The summed E-state index contributed by atoms with van der Waals surface area (Å²) in [4.78, 5) is 0. The third kappa shape index (κ3) is 3.04. The van der Waals surface area contributed by atoms with Gasteiger partial charge in [0.15, 0.2) is 0 Å². The molecule has 2 saturated carbocycles. The first kappa shape index (κ1) is 19.2. The Bertz CT molecular complexity index is 532. The summed E-state index contributed by atoms with van der Waals surface area (Å²) < 4.78 is 5.55. The summed E-state index contributed by atoms with van der Waals surface area (Å²) in [5, 5.41) is 11.2. The fourth-order valence-electron chi connectivity index (χ4n) is 6.83. The van der Waals surface area contributed by atoms with Crippen LogP contribution in [0.25, 0.3) is 0 Å². The van der Waals surface area contributed by atoms with Crippen molar-refractivity contribution in [1.82, 2.24) is 0 Å². The van der Waals surface area contributed by atoms with Crippen LogP contribution in [0.3, 0.4) is 0 Å². The van der Waals surface area contributed by atoms with Crippen LogP contribution in [-0.4, -0.2) is 24.4 Å². The zero-order valence-corrected chi connectivity index (χ0v) is 16.8. The fourth-order valence-corrected chi connectivity index (χ4v) is 6.83. The fraction of sp³-hybridized carbons (Fsp3) is 0.826. The average Bonchev–Trinajstić information content (AvgIpc) is 2.80. The van der Waals surface area contributed by atoms with Gasteiger partial charge in [0.25, 0.3) is 0 Å². The van der Waals surface area contributed by atoms with Gasteiger partial charge in [-0.2, -0.15) is 0 Å². The van der Waals surface area contributed by atoms with Gasteiger partial charge in [0.05, 0.1) is 12.2 Å². The molecule has 0 radical (unpaired) electrons. The molecule has 0 saturated heterocycles. The standard InChI is InChI=1S/C23H38O2/c1-6-8-16-14-22(3)20(12-13-23(22,4)24)19-11-10-17(15-25-5)18(9-7-2)21(16)19/h6,16,19-21,24H,1,7-15H2,2-5H3/t16?,19?,20?,21?,22?,23-/m0/s1. The van der Waals surface area contributed by atoms with Gasteiger partial charge in [-0.05, 0) is 86.5 Å². The maximum Gasteiger partial charge on any atom is 0.0676 e. The van der Waals surface area contributed by atoms with Gasteiger partial charge in [-0.3, -0.25) is 0 Å². The zero-order chi connectivity index (χ0) is 18.2. The monoisotopic (exact) mass is 346 g/mol. The van der Waals surface area contributed by atoms with Gasteiger partial charge in [0.1, 0.15) is 0 Å². The molecule has 0 amide bonds. The van der Waals surface area contributed by atoms with E-state index in [1.807, 2.05) is 7.11 Å². The van der Waals surface area contributed by atoms with Gasteiger partial charge in [0.2, 0.25) is 0 Å². The highest BCUT2D eigenvalue weighted by Crippen LogP contribution is 2.65. The van der Waals surface area contributed by atoms with E-state index in [-0.39, 0.29) is 5.41 Å². The molecular weight excluding hydrogens is 308 g/mol. The minimum Gasteiger partial charge on any atom is -0.390 e. The Labute approximate surface area is 154 Å². The smallest absolute Gasteiger partial charge is 0.0676 e. The number of methoxy groups -OCH3 is 1. The Morgan fingerprint density at radius 1 is 1.32 bits per heavy atom. The molecule has 2 heteroatoms. The summed E-state index contributed by atoms with van der Waals surface area (Å²) in [6.45, 7) is 11.6. The number of allylic oxidation sites excluding steroid dienone is 2. The van der Waals surface area contributed by atoms with Gasteiger partial charge >= 0.3 is 0 Å². The van der Waals surface area contributed by atoms with Crippen LogP contribution in [0.5, 0.6) is 0 Å². The lowest BCUT2D eigenvalue weighted by molar-refractivity contribution is -0.113. The van der Waals surface area contributed by atoms with Crippen LogP contribution in [0.4, 0.5) is 0 Å². The first-order valence-corrected chi connectivity index (χ1v) is 10.4. The van der Waals surface area contributed by atoms with Crippen molar-refractivity contribution in [2.24, 2.45) is 29.1 Å². The molecule has 3 aliphatic rings. The van der Waals surface area contributed by atoms with Crippen LogP contribution in [-0.2, 0) is 4.74 Å². The van der Waals surface area contributed by atoms with Crippen molar-refractivity contribution >= 4 is 0 Å². The third-order valence-electron chi connectivity index (χ3n) is 8.11. The lowest BCUT2D eigenvalue weighted by Crippen LogP contribution is -2.53. The molecule has 2 nitrogen and oxygen atoms in total. The second kappa shape index (κ2) is 7.19. The molecule has 3 aliphatic carbocycles. The highest BCUT2D eigenvalue weighted by atomic mass is 16.5. The van der Waals surface area contributed by atoms with Crippen LogP contribution in [0, 0.1) is 29.1 Å². The molecule has 6 atom stereocenters. The predicted molar refractivity (Wildman–Crippen MR) is 104 cm³/mol. The van der Waals surface area contributed by atoms with E-state index in [0.717, 1.165) is 31.8 Å². The summed E-state index contributed by atoms with van der Waals surface area (Å²) in [5.74, 6) is 2.72. The van der Waals surface area contributed by atoms with E-state index in [4.69, 9.17) is 4.74 Å². The molecule has 0 spiro atoms. The summed E-state index contributed by atoms with van der Waals surface area (Å²) >= 11 is 0. The van der Waals surface area contributed by atoms with E-state index in [0.29, 0.717) is 17.8 Å². The van der Waals surface area contributed by atoms with Crippen LogP contribution < -0.4 is 0 Å². The van der Waals surface area contributed by atoms with Crippen molar-refractivity contribution < 1.29 is 9.84 Å². The van der Waals surface area contributed by atoms with Crippen molar-refractivity contribution in [2.45, 2.75) is 77.7 Å². The summed E-state index contributed by atoms with van der Waals surface area (Å²) in [6, 6.07) is 0. The second-order valence-corrected chi connectivity index (χ2v) is 9.37. The molecule has 1 N–H and O–H groups in total. The van der Waals surface area contributed by atoms with Crippen LogP contribution >= 0.6 is 0 Å². The van der Waals surface area contributed by atoms with E-state index in [2.05, 4.69) is 33.4 Å². The van der Waals surface area contributed by atoms with Crippen molar-refractivity contribution in [1.29, 1.82) is 0 Å². The molecule has 0 aliphatic heterocycles. The first-order valence-electron chi connectivity index (χ1n) is 10.4. The number of aliphatic hydroxyl groups is 1. The van der Waals surface area contributed by atoms with E-state index in [1.54, 1.807) is 11.1 Å². The van der Waals surface area contributed by atoms with Gasteiger partial charge in [-0.25, -0.2) is 0 Å². The molecule has 25 heavy (non-hydrogen) atoms. The van der Waals surface area contributed by atoms with Crippen molar-refractivity contribution in [2.75, 3.05) is 13.7 Å². The average molecular weight is 347 g/mol. The molecule has 0 aromatic rings. The number of hydrogen-bond donors (Lipinski definition) is 1. The Morgan fingerprint density at radius 2 is 2.08 bits per heavy atom. The molecule has 2 fully saturated rings. The Balaban J connectivity index is 2.02. The van der Waals surface area contributed by atoms with Gasteiger partial charge in [0, 0.05) is 7.11 Å². The number of hydrogen-bond acceptors (Lipinski definition) is 2. The zero-order valence-electron chi connectivity index (χ0n) is 16.8. The number of ether oxygens (including phenoxy) is 1. The van der Waals surface area contributed by atoms with Crippen LogP contribution in [0.2, 0.25) is 0 Å². The van der Waals surface area contributed by atoms with E-state index in [9.17, 15) is 5.11 Å². The SMILES string of the molecule is C=CCC1CC2(C)C(CC[C@]2(C)O)C2CCC(COC)=C(CCC)C12. The van der Waals surface area contributed by atoms with Crippen molar-refractivity contribution in [3.05, 3.63) is 23.8 Å². The molecule has 0 aromatic heterocycles. The first-order chi connectivity index (χ1) is 11.9. The third-order valence-corrected chi connectivity index (χ3v) is 8.11. The lowest BCUT2D eigenvalue weighted by Gasteiger charge is -2.56. The summed E-state index contributed by atoms with van der Waals surface area (Å²) in [6.07, 6.45) is 11.4. The maximum absolute atomic E-state index is 11.2. The van der Waals surface area contributed by atoms with E-state index < -0.39 is 5.60 Å². The predicted octanol–water partition coefficient (Wildman–Crippen LogP) is 5.52. The molecule has 5 unspecified atom stereocenters. The second-order valence-electron chi connectivity index (χ2n) is 9.37. The minimum atomic E-state index is -0.510. The summed E-state index contributed by atoms with van der Waals surface area (Å²) in [5.41, 5.74) is 2.84. The Kier molecular flexibility index (Phi) is 5.52. The lowest BCUT2D eigenvalue weighted by atomic mass is 9.49. The number of fused-ring (bicyclic) bond motifs is 3. The molecule has 142 valence electrons. The molecule has 0 aromatic carbocycles. The largest absolute Gasteiger partial charge is 0.390 e. The molecule has 0 heterocycles. The minimum absolute atomic E-state index is 0.0674. The van der Waals surface area contributed by atoms with Gasteiger partial charge < -0.3 is 9.84 Å². The van der Waals surface area contributed by atoms with Crippen LogP contribution in [0.1, 0.15) is 72.1 Å². The highest BCUT2D eigenvalue weighted by molar-refractivity contribution is 5.27. The quantitative estimate of drug-likeness (QED) is 0.642. The van der Waals surface area contributed by atoms with Gasteiger partial charge in [-0.1, -0.05) is 31.9 Å². The van der Waals surface area contributed by atoms with E-state index in [1.165, 1.54) is 32.1 Å². The van der Waals surface area contributed by atoms with Gasteiger partial charge in [-0.15, -0.1) is 6.58 Å². The normalized spacial score (nSPS) is 43.7. The summed E-state index contributed by atoms with van der Waals surface area (Å²) in [7, 11) is 1.83. The van der Waals surface area contributed by atoms with E-state index >= 15 is 0 Å². The van der Waals surface area contributed by atoms with Crippen molar-refractivity contribution in [3.8, 4) is 0 Å². The molecule has 3 rings (SSSR count). The Hall–Kier alpha value is -0.600. The topological polar surface area (TPSA) is 29.5 Å². The van der Waals surface area contributed by atoms with Crippen molar-refractivity contribution in [3.63, 3.8) is 0 Å². The molecular formula is C23H38O2. The van der Waals surface area contributed by atoms with Crippen LogP contribution in [0.15, 0.2) is 23.8 Å². The number of rotatable bonds is 6. The highest BCUT2D eigenvalue weighted by Gasteiger charge is 2.61.